The van der Waals surface area contributed by atoms with Crippen molar-refractivity contribution in [2.24, 2.45) is 5.92 Å². The molecule has 1 saturated carbocycles. The number of carbonyl (C=O) groups excluding carboxylic acids is 1. The first kappa shape index (κ1) is 11.0. The van der Waals surface area contributed by atoms with Crippen LogP contribution < -0.4 is 5.32 Å². The van der Waals surface area contributed by atoms with Crippen LogP contribution in [0.3, 0.4) is 0 Å². The summed E-state index contributed by atoms with van der Waals surface area (Å²) in [5.74, 6) is 0.999. The summed E-state index contributed by atoms with van der Waals surface area (Å²) < 4.78 is 5.17. The van der Waals surface area contributed by atoms with Crippen molar-refractivity contribution in [2.45, 2.75) is 19.8 Å². The third-order valence-corrected chi connectivity index (χ3v) is 3.02. The highest BCUT2D eigenvalue weighted by molar-refractivity contribution is 5.94. The average molecular weight is 242 g/mol. The number of benzene rings is 1. The van der Waals surface area contributed by atoms with Gasteiger partial charge in [0.05, 0.1) is 0 Å². The predicted octanol–water partition coefficient (Wildman–Crippen LogP) is 3.00. The molecular weight excluding hydrogens is 228 g/mol. The smallest absolute Gasteiger partial charge is 0.227 e. The molecular formula is C14H14N2O2. The van der Waals surface area contributed by atoms with Gasteiger partial charge in [-0.1, -0.05) is 12.1 Å². The van der Waals surface area contributed by atoms with Crippen LogP contribution in [0.1, 0.15) is 18.7 Å². The number of carbonyl (C=O) groups is 1. The molecule has 2 aromatic rings. The van der Waals surface area contributed by atoms with E-state index in [2.05, 4.69) is 10.3 Å². The number of oxazole rings is 1. The highest BCUT2D eigenvalue weighted by atomic mass is 16.3. The Labute approximate surface area is 105 Å². The number of rotatable bonds is 3. The maximum absolute atomic E-state index is 11.6. The van der Waals surface area contributed by atoms with Crippen molar-refractivity contribution in [2.75, 3.05) is 5.32 Å². The first-order valence-corrected chi connectivity index (χ1v) is 6.06. The molecule has 3 rings (SSSR count). The van der Waals surface area contributed by atoms with Crippen molar-refractivity contribution in [3.8, 4) is 11.3 Å². The van der Waals surface area contributed by atoms with Gasteiger partial charge < -0.3 is 9.73 Å². The third kappa shape index (κ3) is 2.27. The Kier molecular flexibility index (Phi) is 2.63. The highest BCUT2D eigenvalue weighted by Crippen LogP contribution is 2.30. The van der Waals surface area contributed by atoms with Crippen LogP contribution in [0.15, 0.2) is 34.9 Å². The summed E-state index contributed by atoms with van der Waals surface area (Å²) in [5, 5.41) is 2.90. The van der Waals surface area contributed by atoms with Gasteiger partial charge in [0.15, 0.2) is 5.89 Å². The minimum atomic E-state index is 0.125. The van der Waals surface area contributed by atoms with Crippen molar-refractivity contribution >= 4 is 11.6 Å². The van der Waals surface area contributed by atoms with E-state index in [1.165, 1.54) is 0 Å². The lowest BCUT2D eigenvalue weighted by molar-refractivity contribution is -0.117. The number of anilines is 1. The first-order chi connectivity index (χ1) is 8.72. The van der Waals surface area contributed by atoms with Crippen LogP contribution in [0.25, 0.3) is 11.3 Å². The summed E-state index contributed by atoms with van der Waals surface area (Å²) in [6.07, 6.45) is 3.66. The fourth-order valence-electron chi connectivity index (χ4n) is 1.81. The summed E-state index contributed by atoms with van der Waals surface area (Å²) in [7, 11) is 0. The van der Waals surface area contributed by atoms with Crippen molar-refractivity contribution in [1.82, 2.24) is 4.98 Å². The van der Waals surface area contributed by atoms with E-state index < -0.39 is 0 Å². The second-order valence-electron chi connectivity index (χ2n) is 4.59. The topological polar surface area (TPSA) is 55.1 Å². The van der Waals surface area contributed by atoms with E-state index in [-0.39, 0.29) is 11.8 Å². The quantitative estimate of drug-likeness (QED) is 0.900. The Bertz CT molecular complexity index is 568. The predicted molar refractivity (Wildman–Crippen MR) is 68.0 cm³/mol. The van der Waals surface area contributed by atoms with Gasteiger partial charge in [-0.15, -0.1) is 0 Å². The molecule has 1 heterocycles. The van der Waals surface area contributed by atoms with E-state index in [1.54, 1.807) is 6.26 Å². The van der Waals surface area contributed by atoms with Crippen LogP contribution in [0, 0.1) is 12.8 Å². The van der Waals surface area contributed by atoms with Gasteiger partial charge in [-0.25, -0.2) is 4.98 Å². The van der Waals surface area contributed by atoms with Gasteiger partial charge in [-0.2, -0.15) is 0 Å². The van der Waals surface area contributed by atoms with Crippen LogP contribution >= 0.6 is 0 Å². The lowest BCUT2D eigenvalue weighted by Gasteiger charge is -2.04. The molecule has 0 bridgehead atoms. The van der Waals surface area contributed by atoms with E-state index in [0.717, 1.165) is 29.8 Å². The molecule has 0 spiro atoms. The second kappa shape index (κ2) is 4.29. The monoisotopic (exact) mass is 242 g/mol. The average Bonchev–Trinajstić information content (AvgIpc) is 3.13. The highest BCUT2D eigenvalue weighted by Gasteiger charge is 2.29. The maximum Gasteiger partial charge on any atom is 0.227 e. The Morgan fingerprint density at radius 1 is 1.33 bits per heavy atom. The normalized spacial score (nSPS) is 14.5. The Morgan fingerprint density at radius 2 is 2.06 bits per heavy atom. The van der Waals surface area contributed by atoms with E-state index in [0.29, 0.717) is 5.89 Å². The molecule has 4 heteroatoms. The van der Waals surface area contributed by atoms with E-state index in [9.17, 15) is 4.79 Å². The van der Waals surface area contributed by atoms with Crippen LogP contribution in [0.2, 0.25) is 0 Å². The molecule has 92 valence electrons. The number of hydrogen-bond donors (Lipinski definition) is 1. The number of amides is 1. The van der Waals surface area contributed by atoms with E-state index in [1.807, 2.05) is 31.2 Å². The van der Waals surface area contributed by atoms with Gasteiger partial charge in [-0.05, 0) is 25.0 Å². The van der Waals surface area contributed by atoms with Gasteiger partial charge in [0, 0.05) is 24.1 Å². The minimum absolute atomic E-state index is 0.125. The largest absolute Gasteiger partial charge is 0.449 e. The molecule has 0 aliphatic heterocycles. The molecule has 1 amide bonds. The number of nitrogens with one attached hydrogen (secondary N) is 1. The van der Waals surface area contributed by atoms with Crippen LogP contribution in [0.4, 0.5) is 5.69 Å². The van der Waals surface area contributed by atoms with Gasteiger partial charge in [0.2, 0.25) is 5.91 Å². The van der Waals surface area contributed by atoms with Gasteiger partial charge in [0.25, 0.3) is 0 Å². The molecule has 4 nitrogen and oxygen atoms in total. The fourth-order valence-corrected chi connectivity index (χ4v) is 1.81. The molecule has 0 radical (unpaired) electrons. The molecule has 1 N–H and O–H groups in total. The summed E-state index contributed by atoms with van der Waals surface area (Å²) in [6, 6.07) is 7.64. The van der Waals surface area contributed by atoms with Crippen molar-refractivity contribution in [1.29, 1.82) is 0 Å². The molecule has 1 fully saturated rings. The standard InChI is InChI=1S/C14H14N2O2/c1-9-15-13(8-18-9)10-4-6-12(7-5-10)16-14(17)11-2-3-11/h4-8,11H,2-3H2,1H3,(H,16,17). The summed E-state index contributed by atoms with van der Waals surface area (Å²) in [5.41, 5.74) is 2.62. The van der Waals surface area contributed by atoms with E-state index in [4.69, 9.17) is 4.42 Å². The summed E-state index contributed by atoms with van der Waals surface area (Å²) >= 11 is 0. The number of aromatic nitrogens is 1. The fraction of sp³-hybridized carbons (Fsp3) is 0.286. The zero-order chi connectivity index (χ0) is 12.5. The zero-order valence-corrected chi connectivity index (χ0v) is 10.1. The molecule has 1 aliphatic rings. The van der Waals surface area contributed by atoms with Gasteiger partial charge in [0.1, 0.15) is 12.0 Å². The SMILES string of the molecule is Cc1nc(-c2ccc(NC(=O)C3CC3)cc2)co1. The summed E-state index contributed by atoms with van der Waals surface area (Å²) in [6.45, 7) is 1.81. The maximum atomic E-state index is 11.6. The number of aryl methyl sites for hydroxylation is 1. The van der Waals surface area contributed by atoms with E-state index >= 15 is 0 Å². The van der Waals surface area contributed by atoms with Crippen LogP contribution in [-0.4, -0.2) is 10.9 Å². The van der Waals surface area contributed by atoms with Crippen molar-refractivity contribution in [3.63, 3.8) is 0 Å². The van der Waals surface area contributed by atoms with Crippen LogP contribution in [-0.2, 0) is 4.79 Å². The lowest BCUT2D eigenvalue weighted by atomic mass is 10.1. The minimum Gasteiger partial charge on any atom is -0.449 e. The third-order valence-electron chi connectivity index (χ3n) is 3.02. The van der Waals surface area contributed by atoms with Gasteiger partial charge >= 0.3 is 0 Å². The Balaban J connectivity index is 1.74. The van der Waals surface area contributed by atoms with Crippen LogP contribution in [0.5, 0.6) is 0 Å². The second-order valence-corrected chi connectivity index (χ2v) is 4.59. The molecule has 1 aromatic heterocycles. The molecule has 1 aromatic carbocycles. The lowest BCUT2D eigenvalue weighted by Crippen LogP contribution is -2.12. The molecule has 0 saturated heterocycles. The zero-order valence-electron chi connectivity index (χ0n) is 10.1. The van der Waals surface area contributed by atoms with Gasteiger partial charge in [-0.3, -0.25) is 4.79 Å². The summed E-state index contributed by atoms with van der Waals surface area (Å²) in [4.78, 5) is 15.9. The Morgan fingerprint density at radius 3 is 2.61 bits per heavy atom. The number of hydrogen-bond acceptors (Lipinski definition) is 3. The van der Waals surface area contributed by atoms with Crippen molar-refractivity contribution in [3.05, 3.63) is 36.4 Å². The van der Waals surface area contributed by atoms with Crippen molar-refractivity contribution < 1.29 is 9.21 Å². The molecule has 0 atom stereocenters. The number of nitrogens with zero attached hydrogens (tertiary/aromatic N) is 1. The molecule has 1 aliphatic carbocycles. The molecule has 0 unspecified atom stereocenters. The molecule has 18 heavy (non-hydrogen) atoms. The Hall–Kier alpha value is -2.10. The first-order valence-electron chi connectivity index (χ1n) is 6.06.